The number of aliphatic imine (C=N–C) groups is 1. The van der Waals surface area contributed by atoms with Gasteiger partial charge in [-0.2, -0.15) is 0 Å². The van der Waals surface area contributed by atoms with Crippen molar-refractivity contribution >= 4 is 17.4 Å². The number of pyridine rings is 1. The molecule has 0 aromatic carbocycles. The van der Waals surface area contributed by atoms with Gasteiger partial charge in [-0.15, -0.1) is 4.99 Å². The van der Waals surface area contributed by atoms with E-state index >= 15 is 0 Å². The van der Waals surface area contributed by atoms with Crippen LogP contribution in [-0.2, 0) is 4.79 Å². The molecule has 0 atom stereocenters. The van der Waals surface area contributed by atoms with E-state index in [4.69, 9.17) is 0 Å². The second-order valence-electron chi connectivity index (χ2n) is 2.77. The minimum absolute atomic E-state index is 0.415. The molecular weight excluding hydrogens is 166 g/mol. The van der Waals surface area contributed by atoms with Gasteiger partial charge in [0.25, 0.3) is 0 Å². The minimum Gasteiger partial charge on any atom is -0.304 e. The lowest BCUT2D eigenvalue weighted by Crippen LogP contribution is -1.81. The fraction of sp³-hybridized carbons (Fsp3) is 0.111. The van der Waals surface area contributed by atoms with Gasteiger partial charge in [-0.25, -0.2) is 9.78 Å². The van der Waals surface area contributed by atoms with Gasteiger partial charge in [-0.3, -0.25) is 0 Å². The fourth-order valence-electron chi connectivity index (χ4n) is 1.21. The van der Waals surface area contributed by atoms with E-state index in [1.807, 2.05) is 29.7 Å². The quantitative estimate of drug-likeness (QED) is 0.485. The van der Waals surface area contributed by atoms with Crippen molar-refractivity contribution in [3.8, 4) is 0 Å². The van der Waals surface area contributed by atoms with E-state index in [0.29, 0.717) is 5.82 Å². The molecule has 13 heavy (non-hydrogen) atoms. The third-order valence-electron chi connectivity index (χ3n) is 1.83. The van der Waals surface area contributed by atoms with Gasteiger partial charge >= 0.3 is 0 Å². The van der Waals surface area contributed by atoms with E-state index in [0.717, 1.165) is 11.1 Å². The standard InChI is InChI=1S/C9H7N3O/c1-7-2-3-12-5-10-9(11-6-13)8(12)4-7/h2-5H,1H3. The van der Waals surface area contributed by atoms with Gasteiger partial charge in [0.2, 0.25) is 6.08 Å². The van der Waals surface area contributed by atoms with Crippen molar-refractivity contribution in [1.29, 1.82) is 0 Å². The lowest BCUT2D eigenvalue weighted by atomic mass is 10.3. The summed E-state index contributed by atoms with van der Waals surface area (Å²) in [4.78, 5) is 17.5. The Hall–Kier alpha value is -1.93. The zero-order valence-electron chi connectivity index (χ0n) is 7.06. The Morgan fingerprint density at radius 1 is 1.62 bits per heavy atom. The summed E-state index contributed by atoms with van der Waals surface area (Å²) < 4.78 is 1.81. The molecule has 0 amide bonds. The van der Waals surface area contributed by atoms with Crippen molar-refractivity contribution in [3.63, 3.8) is 0 Å². The highest BCUT2D eigenvalue weighted by Crippen LogP contribution is 2.18. The minimum atomic E-state index is 0.415. The summed E-state index contributed by atoms with van der Waals surface area (Å²) in [6.45, 7) is 1.97. The van der Waals surface area contributed by atoms with Crippen molar-refractivity contribution in [2.24, 2.45) is 4.99 Å². The first kappa shape index (κ1) is 7.71. The average Bonchev–Trinajstić information content (AvgIpc) is 2.49. The number of aromatic nitrogens is 2. The first-order chi connectivity index (χ1) is 6.31. The Balaban J connectivity index is 2.78. The molecule has 0 spiro atoms. The van der Waals surface area contributed by atoms with Gasteiger partial charge < -0.3 is 4.40 Å². The van der Waals surface area contributed by atoms with E-state index in [1.54, 1.807) is 6.33 Å². The van der Waals surface area contributed by atoms with Crippen LogP contribution in [0, 0.1) is 6.92 Å². The molecule has 0 aliphatic carbocycles. The molecule has 0 fully saturated rings. The monoisotopic (exact) mass is 173 g/mol. The number of aryl methyl sites for hydroxylation is 1. The highest BCUT2D eigenvalue weighted by atomic mass is 16.1. The summed E-state index contributed by atoms with van der Waals surface area (Å²) in [7, 11) is 0. The number of fused-ring (bicyclic) bond motifs is 1. The van der Waals surface area contributed by atoms with E-state index in [-0.39, 0.29) is 0 Å². The van der Waals surface area contributed by atoms with Crippen LogP contribution in [-0.4, -0.2) is 15.5 Å². The number of carbonyl (C=O) groups excluding carboxylic acids is 1. The second-order valence-corrected chi connectivity index (χ2v) is 2.77. The van der Waals surface area contributed by atoms with Crippen molar-refractivity contribution in [2.75, 3.05) is 0 Å². The maximum Gasteiger partial charge on any atom is 0.242 e. The summed E-state index contributed by atoms with van der Waals surface area (Å²) in [5.74, 6) is 0.415. The Kier molecular flexibility index (Phi) is 1.69. The number of hydrogen-bond acceptors (Lipinski definition) is 3. The Morgan fingerprint density at radius 2 is 2.46 bits per heavy atom. The summed E-state index contributed by atoms with van der Waals surface area (Å²) in [6.07, 6.45) is 4.97. The van der Waals surface area contributed by atoms with Crippen LogP contribution in [0.5, 0.6) is 0 Å². The smallest absolute Gasteiger partial charge is 0.242 e. The lowest BCUT2D eigenvalue weighted by molar-refractivity contribution is 0.565. The van der Waals surface area contributed by atoms with Crippen LogP contribution < -0.4 is 0 Å². The SMILES string of the molecule is Cc1ccn2cnc(N=C=O)c2c1. The molecule has 0 aliphatic rings. The molecule has 0 bridgehead atoms. The number of nitrogens with zero attached hydrogens (tertiary/aromatic N) is 3. The molecule has 0 saturated heterocycles. The Bertz CT molecular complexity index is 495. The molecule has 2 aromatic rings. The molecule has 4 heteroatoms. The lowest BCUT2D eigenvalue weighted by Gasteiger charge is -1.94. The number of imidazole rings is 1. The van der Waals surface area contributed by atoms with Crippen LogP contribution >= 0.6 is 0 Å². The molecule has 0 N–H and O–H groups in total. The predicted molar refractivity (Wildman–Crippen MR) is 47.7 cm³/mol. The van der Waals surface area contributed by atoms with Crippen molar-refractivity contribution in [2.45, 2.75) is 6.92 Å². The first-order valence-corrected chi connectivity index (χ1v) is 3.82. The third kappa shape index (κ3) is 1.23. The molecule has 0 saturated carbocycles. The van der Waals surface area contributed by atoms with Crippen LogP contribution in [0.25, 0.3) is 5.52 Å². The predicted octanol–water partition coefficient (Wildman–Crippen LogP) is 1.61. The fourth-order valence-corrected chi connectivity index (χ4v) is 1.21. The van der Waals surface area contributed by atoms with Crippen molar-refractivity contribution in [3.05, 3.63) is 30.2 Å². The van der Waals surface area contributed by atoms with Gasteiger partial charge in [0, 0.05) is 6.20 Å². The highest BCUT2D eigenvalue weighted by molar-refractivity contribution is 5.68. The van der Waals surface area contributed by atoms with Crippen LogP contribution in [0.15, 0.2) is 29.6 Å². The Labute approximate surface area is 74.6 Å². The number of isocyanates is 1. The van der Waals surface area contributed by atoms with Crippen LogP contribution in [0.4, 0.5) is 5.82 Å². The molecule has 2 heterocycles. The molecule has 4 nitrogen and oxygen atoms in total. The normalized spacial score (nSPS) is 9.92. The summed E-state index contributed by atoms with van der Waals surface area (Å²) in [5.41, 5.74) is 1.93. The zero-order chi connectivity index (χ0) is 9.26. The van der Waals surface area contributed by atoms with E-state index in [2.05, 4.69) is 9.98 Å². The molecule has 0 radical (unpaired) electrons. The topological polar surface area (TPSA) is 46.7 Å². The average molecular weight is 173 g/mol. The summed E-state index contributed by atoms with van der Waals surface area (Å²) in [6, 6.07) is 3.88. The van der Waals surface area contributed by atoms with Crippen LogP contribution in [0.3, 0.4) is 0 Å². The summed E-state index contributed by atoms with van der Waals surface area (Å²) in [5, 5.41) is 0. The van der Waals surface area contributed by atoms with E-state index in [1.165, 1.54) is 6.08 Å². The molecular formula is C9H7N3O. The van der Waals surface area contributed by atoms with E-state index < -0.39 is 0 Å². The van der Waals surface area contributed by atoms with Gasteiger partial charge in [-0.1, -0.05) is 0 Å². The van der Waals surface area contributed by atoms with Crippen LogP contribution in [0.2, 0.25) is 0 Å². The maximum absolute atomic E-state index is 10.1. The second kappa shape index (κ2) is 2.84. The van der Waals surface area contributed by atoms with Gasteiger partial charge in [0.1, 0.15) is 6.33 Å². The van der Waals surface area contributed by atoms with Gasteiger partial charge in [0.15, 0.2) is 5.82 Å². The number of rotatable bonds is 1. The van der Waals surface area contributed by atoms with Crippen molar-refractivity contribution in [1.82, 2.24) is 9.38 Å². The van der Waals surface area contributed by atoms with E-state index in [9.17, 15) is 4.79 Å². The maximum atomic E-state index is 10.1. The molecule has 2 aromatic heterocycles. The zero-order valence-corrected chi connectivity index (χ0v) is 7.06. The molecule has 64 valence electrons. The third-order valence-corrected chi connectivity index (χ3v) is 1.83. The van der Waals surface area contributed by atoms with Crippen LogP contribution in [0.1, 0.15) is 5.56 Å². The Morgan fingerprint density at radius 3 is 3.23 bits per heavy atom. The largest absolute Gasteiger partial charge is 0.304 e. The summed E-state index contributed by atoms with van der Waals surface area (Å²) >= 11 is 0. The molecule has 0 aliphatic heterocycles. The van der Waals surface area contributed by atoms with Gasteiger partial charge in [-0.05, 0) is 24.6 Å². The molecule has 0 unspecified atom stereocenters. The molecule has 2 rings (SSSR count). The highest BCUT2D eigenvalue weighted by Gasteiger charge is 2.01. The number of hydrogen-bond donors (Lipinski definition) is 0. The van der Waals surface area contributed by atoms with Gasteiger partial charge in [0.05, 0.1) is 5.52 Å². The first-order valence-electron chi connectivity index (χ1n) is 3.82. The van der Waals surface area contributed by atoms with Crippen molar-refractivity contribution < 1.29 is 4.79 Å².